The zero-order chi connectivity index (χ0) is 63.4. The Morgan fingerprint density at radius 2 is 0.944 bits per heavy atom. The van der Waals surface area contributed by atoms with E-state index in [1.807, 2.05) is 210 Å². The van der Waals surface area contributed by atoms with Crippen LogP contribution in [0.3, 0.4) is 0 Å². The van der Waals surface area contributed by atoms with E-state index in [0.717, 1.165) is 71.2 Å². The SMILES string of the molecule is Cn1ccc2cc(C#N)ccc21.Cn1ccc2cc(C(N)=NO)ccc21.N#Cc1ccc2[nH]ccc2c1.[C-]#[N+]c1cc(-c2nc(-c3ccc4[nH]ccc4c3)no2)ccc1OC(C)C.[C-]#[N+]c1cc(-c2nc(-c3ccc4c(ccn4C)c3)no2)ccc1OC(C)C. The van der Waals surface area contributed by atoms with Crippen LogP contribution >= 0.6 is 0 Å². The zero-order valence-electron chi connectivity index (χ0n) is 50.1. The van der Waals surface area contributed by atoms with Gasteiger partial charge in [-0.25, -0.2) is 9.69 Å². The molecule has 0 aliphatic carbocycles. The van der Waals surface area contributed by atoms with Crippen LogP contribution < -0.4 is 15.2 Å². The quantitative estimate of drug-likeness (QED) is 0.0346. The number of H-pyrrole nitrogens is 2. The molecule has 0 aliphatic heterocycles. The van der Waals surface area contributed by atoms with Crippen LogP contribution in [0.4, 0.5) is 11.4 Å². The van der Waals surface area contributed by atoms with Gasteiger partial charge < -0.3 is 53.1 Å². The number of aromatic amines is 2. The number of hydrogen-bond acceptors (Lipinski definition) is 12. The fraction of sp³-hybridized carbons (Fsp3) is 0.129. The van der Waals surface area contributed by atoms with Crippen LogP contribution in [-0.4, -0.2) is 67.2 Å². The van der Waals surface area contributed by atoms with E-state index in [0.29, 0.717) is 68.6 Å². The maximum atomic E-state index is 8.65. The Morgan fingerprint density at radius 1 is 0.533 bits per heavy atom. The molecule has 7 aromatic carbocycles. The van der Waals surface area contributed by atoms with Crippen molar-refractivity contribution in [1.29, 1.82) is 10.5 Å². The molecular formula is C70H59N15O5. The molecule has 444 valence electrons. The molecule has 0 atom stereocenters. The van der Waals surface area contributed by atoms with E-state index in [1.54, 1.807) is 30.3 Å². The average molecular weight is 1190 g/mol. The van der Waals surface area contributed by atoms with Crippen molar-refractivity contribution in [2.45, 2.75) is 39.9 Å². The number of hydrogen-bond donors (Lipinski definition) is 4. The summed E-state index contributed by atoms with van der Waals surface area (Å²) in [5.74, 6) is 3.01. The summed E-state index contributed by atoms with van der Waals surface area (Å²) in [6, 6.07) is 53.7. The lowest BCUT2D eigenvalue weighted by Crippen LogP contribution is -2.12. The van der Waals surface area contributed by atoms with Crippen molar-refractivity contribution in [1.82, 2.24) is 44.0 Å². The molecule has 0 unspecified atom stereocenters. The molecular weight excluding hydrogens is 1130 g/mol. The highest BCUT2D eigenvalue weighted by Gasteiger charge is 2.17. The molecule has 14 aromatic rings. The molecule has 20 heteroatoms. The number of aryl methyl sites for hydroxylation is 3. The minimum Gasteiger partial charge on any atom is -0.502 e. The highest BCUT2D eigenvalue weighted by Crippen LogP contribution is 2.36. The highest BCUT2D eigenvalue weighted by molar-refractivity contribution is 6.00. The topological polar surface area (TPSA) is 258 Å². The fourth-order valence-corrected chi connectivity index (χ4v) is 9.68. The van der Waals surface area contributed by atoms with Gasteiger partial charge in [-0.15, -0.1) is 0 Å². The third-order valence-electron chi connectivity index (χ3n) is 14.2. The summed E-state index contributed by atoms with van der Waals surface area (Å²) in [6.45, 7) is 22.4. The normalized spacial score (nSPS) is 10.9. The van der Waals surface area contributed by atoms with Gasteiger partial charge in [0, 0.05) is 134 Å². The second-order valence-corrected chi connectivity index (χ2v) is 21.1. The number of nitrogens with two attached hydrogens (primary N) is 1. The Bertz CT molecular complexity index is 5080. The summed E-state index contributed by atoms with van der Waals surface area (Å²) in [4.78, 5) is 22.3. The lowest BCUT2D eigenvalue weighted by molar-refractivity contribution is 0.244. The first-order valence-electron chi connectivity index (χ1n) is 28.2. The summed E-state index contributed by atoms with van der Waals surface area (Å²) in [6.07, 6.45) is 9.74. The minimum atomic E-state index is -0.000685. The number of nitrogens with one attached hydrogen (secondary N) is 2. The molecule has 0 saturated carbocycles. The summed E-state index contributed by atoms with van der Waals surface area (Å²) in [5, 5.41) is 42.4. The molecule has 0 amide bonds. The highest BCUT2D eigenvalue weighted by atomic mass is 16.5. The van der Waals surface area contributed by atoms with Gasteiger partial charge >= 0.3 is 0 Å². The number of nitriles is 2. The van der Waals surface area contributed by atoms with Gasteiger partial charge in [-0.2, -0.15) is 20.5 Å². The van der Waals surface area contributed by atoms with Crippen molar-refractivity contribution in [3.63, 3.8) is 0 Å². The third-order valence-corrected chi connectivity index (χ3v) is 14.2. The number of oxime groups is 1. The van der Waals surface area contributed by atoms with Gasteiger partial charge in [0.2, 0.25) is 23.0 Å². The van der Waals surface area contributed by atoms with Gasteiger partial charge in [-0.05, 0) is 185 Å². The Balaban J connectivity index is 0.000000130. The second-order valence-electron chi connectivity index (χ2n) is 21.1. The Labute approximate surface area is 517 Å². The third kappa shape index (κ3) is 13.9. The Hall–Kier alpha value is -12.7. The molecule has 0 fully saturated rings. The first-order valence-corrected chi connectivity index (χ1v) is 28.2. The van der Waals surface area contributed by atoms with Crippen molar-refractivity contribution >= 4 is 71.7 Å². The predicted octanol–water partition coefficient (Wildman–Crippen LogP) is 15.8. The fourth-order valence-electron chi connectivity index (χ4n) is 9.68. The number of nitrogens with zero attached hydrogens (tertiary/aromatic N) is 12. The van der Waals surface area contributed by atoms with Crippen molar-refractivity contribution < 1.29 is 23.7 Å². The van der Waals surface area contributed by atoms with Crippen LogP contribution in [0.15, 0.2) is 203 Å². The van der Waals surface area contributed by atoms with Crippen LogP contribution in [-0.2, 0) is 21.1 Å². The predicted molar refractivity (Wildman–Crippen MR) is 349 cm³/mol. The van der Waals surface area contributed by atoms with Gasteiger partial charge in [0.05, 0.1) is 48.6 Å². The van der Waals surface area contributed by atoms with E-state index in [-0.39, 0.29) is 18.0 Å². The summed E-state index contributed by atoms with van der Waals surface area (Å²) < 4.78 is 28.3. The molecule has 7 aromatic heterocycles. The van der Waals surface area contributed by atoms with Gasteiger partial charge in [0.25, 0.3) is 11.8 Å². The molecule has 90 heavy (non-hydrogen) atoms. The molecule has 0 aliphatic rings. The molecule has 0 bridgehead atoms. The molecule has 7 heterocycles. The monoisotopic (exact) mass is 1190 g/mol. The minimum absolute atomic E-state index is 0.000273. The van der Waals surface area contributed by atoms with Crippen LogP contribution in [0.5, 0.6) is 11.5 Å². The van der Waals surface area contributed by atoms with E-state index in [4.69, 9.17) is 53.1 Å². The van der Waals surface area contributed by atoms with Gasteiger partial charge in [-0.3, -0.25) is 0 Å². The largest absolute Gasteiger partial charge is 0.502 e. The number of aromatic nitrogens is 9. The van der Waals surface area contributed by atoms with E-state index < -0.39 is 0 Å². The van der Waals surface area contributed by atoms with Crippen molar-refractivity contribution in [3.05, 3.63) is 228 Å². The molecule has 0 radical (unpaired) electrons. The van der Waals surface area contributed by atoms with Crippen molar-refractivity contribution in [2.75, 3.05) is 0 Å². The molecule has 5 N–H and O–H groups in total. The molecule has 20 nitrogen and oxygen atoms in total. The standard InChI is InChI=1S/C21H18N4O2.C20H16N4O2.C10H11N3O.C10H8N2.C9H6N2/c1-13(2)26-19-8-6-16(12-17(19)22-3)21-23-20(24-27-21)15-5-7-18-14(11-15)9-10-25(18)4;1-12(2)25-18-7-5-15(11-17(18)21-3)20-23-19(24-26-20)14-4-6-16-13(10-14)8-9-22-16;1-13-5-4-7-6-8(10(11)12-14)2-3-9(7)13;1-12-5-4-9-6-8(7-11)2-3-10(9)12;10-6-7-1-2-9-8(5-7)3-4-11-9/h5-13H,1-2,4H3;4-12,22H,1-2H3;2-6,14H,1H3,(H2,11,12);2-6H,1H3;1-5,11H. The molecule has 0 spiro atoms. The van der Waals surface area contributed by atoms with Gasteiger partial charge in [0.15, 0.2) is 5.84 Å². The number of amidine groups is 1. The number of benzene rings is 7. The summed E-state index contributed by atoms with van der Waals surface area (Å²) in [7, 11) is 5.98. The molecule has 0 saturated heterocycles. The first-order chi connectivity index (χ1) is 43.6. The van der Waals surface area contributed by atoms with Crippen LogP contribution in [0, 0.1) is 35.8 Å². The lowest BCUT2D eigenvalue weighted by atomic mass is 10.1. The van der Waals surface area contributed by atoms with Crippen LogP contribution in [0.2, 0.25) is 0 Å². The maximum absolute atomic E-state index is 8.65. The molecule has 14 rings (SSSR count). The van der Waals surface area contributed by atoms with Gasteiger partial charge in [0.1, 0.15) is 11.5 Å². The van der Waals surface area contributed by atoms with Gasteiger partial charge in [-0.1, -0.05) is 15.5 Å². The zero-order valence-corrected chi connectivity index (χ0v) is 50.1. The number of rotatable bonds is 9. The number of fused-ring (bicyclic) bond motifs is 5. The summed E-state index contributed by atoms with van der Waals surface area (Å²) in [5.41, 5.74) is 17.2. The maximum Gasteiger partial charge on any atom is 0.256 e. The van der Waals surface area contributed by atoms with Crippen LogP contribution in [0.1, 0.15) is 44.4 Å². The second kappa shape index (κ2) is 27.2. The van der Waals surface area contributed by atoms with E-state index in [1.165, 1.54) is 0 Å². The summed E-state index contributed by atoms with van der Waals surface area (Å²) >= 11 is 0. The van der Waals surface area contributed by atoms with Crippen LogP contribution in [0.25, 0.3) is 110 Å². The lowest BCUT2D eigenvalue weighted by Gasteiger charge is -2.11. The Morgan fingerprint density at radius 3 is 1.43 bits per heavy atom. The first kappa shape index (κ1) is 60.5. The van der Waals surface area contributed by atoms with E-state index in [2.05, 4.69) is 67.9 Å². The smallest absolute Gasteiger partial charge is 0.256 e. The van der Waals surface area contributed by atoms with Crippen molar-refractivity contribution in [2.24, 2.45) is 32.0 Å². The van der Waals surface area contributed by atoms with Crippen molar-refractivity contribution in [3.8, 4) is 69.3 Å². The Kier molecular flexibility index (Phi) is 18.2. The van der Waals surface area contributed by atoms with E-state index in [9.17, 15) is 0 Å². The van der Waals surface area contributed by atoms with E-state index >= 15 is 0 Å². The average Bonchev–Trinajstić information content (AvgIpc) is 2.69. The number of ether oxygens (including phenoxy) is 2.